The maximum Gasteiger partial charge on any atom is 0.143 e. The number of aliphatic hydroxyl groups is 1. The average Bonchev–Trinajstić information content (AvgIpc) is 2.39. The zero-order chi connectivity index (χ0) is 12.5. The topological polar surface area (TPSA) is 42.4 Å². The molecule has 3 rings (SSSR count). The van der Waals surface area contributed by atoms with Gasteiger partial charge in [0.05, 0.1) is 11.8 Å². The van der Waals surface area contributed by atoms with E-state index in [2.05, 4.69) is 20.9 Å². The van der Waals surface area contributed by atoms with Gasteiger partial charge in [0.2, 0.25) is 0 Å². The first-order valence-corrected chi connectivity index (χ1v) is 6.58. The van der Waals surface area contributed by atoms with E-state index in [9.17, 15) is 5.11 Å². The summed E-state index contributed by atoms with van der Waals surface area (Å²) in [5.74, 6) is 0.742. The Morgan fingerprint density at radius 2 is 2.06 bits per heavy atom. The number of para-hydroxylation sites is 1. The lowest BCUT2D eigenvalue weighted by molar-refractivity contribution is 0.0637. The molecule has 2 aromatic rings. The molecule has 1 aliphatic rings. The fraction of sp³-hybridized carbons (Fsp3) is 0.214. The molecule has 1 N–H and O–H groups in total. The van der Waals surface area contributed by atoms with Crippen molar-refractivity contribution >= 4 is 15.9 Å². The highest BCUT2D eigenvalue weighted by Gasteiger charge is 2.28. The van der Waals surface area contributed by atoms with Gasteiger partial charge in [-0.05, 0) is 34.1 Å². The average molecular weight is 306 g/mol. The number of benzene rings is 1. The standard InChI is InChI=1S/C14H12BrNO2/c15-9-5-6-11(16-8-9)14-7-12(17)10-3-1-2-4-13(10)18-14/h1-6,8,12,14,17H,7H2. The Hall–Kier alpha value is -1.39. The summed E-state index contributed by atoms with van der Waals surface area (Å²) in [5, 5.41) is 10.1. The number of hydrogen-bond acceptors (Lipinski definition) is 3. The van der Waals surface area contributed by atoms with Gasteiger partial charge in [-0.1, -0.05) is 18.2 Å². The molecule has 1 aromatic carbocycles. The molecule has 2 unspecified atom stereocenters. The maximum atomic E-state index is 10.1. The van der Waals surface area contributed by atoms with E-state index in [0.717, 1.165) is 21.5 Å². The van der Waals surface area contributed by atoms with Crippen LogP contribution < -0.4 is 4.74 Å². The first-order valence-electron chi connectivity index (χ1n) is 5.79. The lowest BCUT2D eigenvalue weighted by Crippen LogP contribution is -2.19. The number of hydrogen-bond donors (Lipinski definition) is 1. The lowest BCUT2D eigenvalue weighted by Gasteiger charge is -2.29. The second-order valence-electron chi connectivity index (χ2n) is 4.30. The number of nitrogens with zero attached hydrogens (tertiary/aromatic N) is 1. The molecular formula is C14H12BrNO2. The summed E-state index contributed by atoms with van der Waals surface area (Å²) < 4.78 is 6.82. The van der Waals surface area contributed by atoms with Gasteiger partial charge in [-0.2, -0.15) is 0 Å². The van der Waals surface area contributed by atoms with Crippen LogP contribution >= 0.6 is 15.9 Å². The summed E-state index contributed by atoms with van der Waals surface area (Å²) in [6, 6.07) is 11.4. The number of pyridine rings is 1. The molecule has 3 nitrogen and oxygen atoms in total. The largest absolute Gasteiger partial charge is 0.484 e. The summed E-state index contributed by atoms with van der Waals surface area (Å²) >= 11 is 3.35. The fourth-order valence-corrected chi connectivity index (χ4v) is 2.39. The van der Waals surface area contributed by atoms with E-state index >= 15 is 0 Å². The zero-order valence-corrected chi connectivity index (χ0v) is 11.2. The molecule has 0 amide bonds. The highest BCUT2D eigenvalue weighted by molar-refractivity contribution is 9.10. The minimum absolute atomic E-state index is 0.192. The van der Waals surface area contributed by atoms with Crippen LogP contribution in [0.1, 0.15) is 29.9 Å². The summed E-state index contributed by atoms with van der Waals surface area (Å²) in [6.45, 7) is 0. The molecule has 1 aliphatic heterocycles. The SMILES string of the molecule is OC1CC(c2ccc(Br)cn2)Oc2ccccc21. The van der Waals surface area contributed by atoms with Crippen molar-refractivity contribution in [2.75, 3.05) is 0 Å². The highest BCUT2D eigenvalue weighted by Crippen LogP contribution is 2.39. The summed E-state index contributed by atoms with van der Waals surface area (Å²) in [5.41, 5.74) is 1.69. The van der Waals surface area contributed by atoms with Crippen molar-refractivity contribution in [2.24, 2.45) is 0 Å². The Labute approximate surface area is 114 Å². The third-order valence-corrected chi connectivity index (χ3v) is 3.53. The molecule has 4 heteroatoms. The third kappa shape index (κ3) is 2.13. The molecule has 1 aromatic heterocycles. The Kier molecular flexibility index (Phi) is 3.06. The van der Waals surface area contributed by atoms with Crippen LogP contribution in [0.4, 0.5) is 0 Å². The molecule has 0 saturated carbocycles. The Morgan fingerprint density at radius 1 is 1.22 bits per heavy atom. The van der Waals surface area contributed by atoms with Crippen LogP contribution in [0.3, 0.4) is 0 Å². The van der Waals surface area contributed by atoms with Gasteiger partial charge in [0.25, 0.3) is 0 Å². The Bertz CT molecular complexity index is 556. The van der Waals surface area contributed by atoms with Crippen molar-refractivity contribution in [3.8, 4) is 5.75 Å². The minimum atomic E-state index is -0.495. The molecule has 0 spiro atoms. The van der Waals surface area contributed by atoms with Crippen molar-refractivity contribution in [1.82, 2.24) is 4.98 Å². The van der Waals surface area contributed by atoms with E-state index in [-0.39, 0.29) is 6.10 Å². The molecule has 2 heterocycles. The number of aliphatic hydroxyl groups excluding tert-OH is 1. The van der Waals surface area contributed by atoms with Crippen LogP contribution in [0.5, 0.6) is 5.75 Å². The van der Waals surface area contributed by atoms with Crippen molar-refractivity contribution in [3.05, 3.63) is 58.3 Å². The van der Waals surface area contributed by atoms with Gasteiger partial charge in [0.1, 0.15) is 11.9 Å². The number of rotatable bonds is 1. The first kappa shape index (κ1) is 11.7. The van der Waals surface area contributed by atoms with Crippen LogP contribution in [0.2, 0.25) is 0 Å². The van der Waals surface area contributed by atoms with Gasteiger partial charge in [-0.3, -0.25) is 4.98 Å². The third-order valence-electron chi connectivity index (χ3n) is 3.06. The molecular weight excluding hydrogens is 294 g/mol. The number of halogens is 1. The van der Waals surface area contributed by atoms with E-state index in [4.69, 9.17) is 4.74 Å². The lowest BCUT2D eigenvalue weighted by atomic mass is 9.97. The van der Waals surface area contributed by atoms with Crippen LogP contribution in [-0.4, -0.2) is 10.1 Å². The number of aromatic nitrogens is 1. The van der Waals surface area contributed by atoms with Crippen molar-refractivity contribution < 1.29 is 9.84 Å². The van der Waals surface area contributed by atoms with Gasteiger partial charge < -0.3 is 9.84 Å². The van der Waals surface area contributed by atoms with Crippen molar-refractivity contribution in [1.29, 1.82) is 0 Å². The first-order chi connectivity index (χ1) is 8.74. The molecule has 0 bridgehead atoms. The molecule has 0 aliphatic carbocycles. The second-order valence-corrected chi connectivity index (χ2v) is 5.21. The van der Waals surface area contributed by atoms with Crippen LogP contribution in [0.25, 0.3) is 0 Å². The quantitative estimate of drug-likeness (QED) is 0.878. The summed E-state index contributed by atoms with van der Waals surface area (Å²) in [7, 11) is 0. The predicted octanol–water partition coefficient (Wildman–Crippen LogP) is 3.40. The van der Waals surface area contributed by atoms with Gasteiger partial charge in [-0.25, -0.2) is 0 Å². The maximum absolute atomic E-state index is 10.1. The van der Waals surface area contributed by atoms with Crippen molar-refractivity contribution in [2.45, 2.75) is 18.6 Å². The zero-order valence-electron chi connectivity index (χ0n) is 9.58. The van der Waals surface area contributed by atoms with E-state index in [1.807, 2.05) is 36.4 Å². The molecule has 0 saturated heterocycles. The van der Waals surface area contributed by atoms with Gasteiger partial charge in [0.15, 0.2) is 0 Å². The Balaban J connectivity index is 1.92. The summed E-state index contributed by atoms with van der Waals surface area (Å²) in [6.07, 6.45) is 1.59. The van der Waals surface area contributed by atoms with Gasteiger partial charge in [-0.15, -0.1) is 0 Å². The van der Waals surface area contributed by atoms with Crippen molar-refractivity contribution in [3.63, 3.8) is 0 Å². The monoisotopic (exact) mass is 305 g/mol. The minimum Gasteiger partial charge on any atom is -0.484 e. The van der Waals surface area contributed by atoms with E-state index in [1.165, 1.54) is 0 Å². The van der Waals surface area contributed by atoms with E-state index in [0.29, 0.717) is 6.42 Å². The van der Waals surface area contributed by atoms with Gasteiger partial charge in [0, 0.05) is 22.7 Å². The molecule has 0 radical (unpaired) electrons. The predicted molar refractivity (Wildman–Crippen MR) is 71.3 cm³/mol. The smallest absolute Gasteiger partial charge is 0.143 e. The van der Waals surface area contributed by atoms with Crippen LogP contribution in [0.15, 0.2) is 47.1 Å². The van der Waals surface area contributed by atoms with E-state index in [1.54, 1.807) is 6.20 Å². The highest BCUT2D eigenvalue weighted by atomic mass is 79.9. The van der Waals surface area contributed by atoms with E-state index < -0.39 is 6.10 Å². The number of fused-ring (bicyclic) bond motifs is 1. The summed E-state index contributed by atoms with van der Waals surface area (Å²) in [4.78, 5) is 4.33. The van der Waals surface area contributed by atoms with Gasteiger partial charge >= 0.3 is 0 Å². The fourth-order valence-electron chi connectivity index (χ4n) is 2.15. The molecule has 0 fully saturated rings. The molecule has 18 heavy (non-hydrogen) atoms. The molecule has 2 atom stereocenters. The van der Waals surface area contributed by atoms with Crippen LogP contribution in [-0.2, 0) is 0 Å². The number of ether oxygens (including phenoxy) is 1. The second kappa shape index (κ2) is 4.71. The normalized spacial score (nSPS) is 22.1. The molecule has 92 valence electrons. The van der Waals surface area contributed by atoms with Crippen LogP contribution in [0, 0.1) is 0 Å². The Morgan fingerprint density at radius 3 is 2.83 bits per heavy atom.